The SMILES string of the molecule is COc1cc(C(=O)NCc2cccnc2OCC(F)(F)F)ccc1OCC(N)=O. The van der Waals surface area contributed by atoms with Crippen LogP contribution in [0.1, 0.15) is 15.9 Å². The quantitative estimate of drug-likeness (QED) is 0.649. The molecule has 3 N–H and O–H groups in total. The fourth-order valence-electron chi connectivity index (χ4n) is 2.19. The van der Waals surface area contributed by atoms with Gasteiger partial charge in [-0.3, -0.25) is 9.59 Å². The number of carbonyl (C=O) groups excluding carboxylic acids is 2. The van der Waals surface area contributed by atoms with Gasteiger partial charge in [0.25, 0.3) is 11.8 Å². The largest absolute Gasteiger partial charge is 0.493 e. The lowest BCUT2D eigenvalue weighted by molar-refractivity contribution is -0.154. The van der Waals surface area contributed by atoms with Gasteiger partial charge in [0.2, 0.25) is 5.88 Å². The van der Waals surface area contributed by atoms with Gasteiger partial charge in [0, 0.05) is 23.9 Å². The molecular formula is C18H18F3N3O5. The molecule has 8 nitrogen and oxygen atoms in total. The minimum Gasteiger partial charge on any atom is -0.493 e. The van der Waals surface area contributed by atoms with E-state index >= 15 is 0 Å². The number of nitrogens with one attached hydrogen (secondary N) is 1. The lowest BCUT2D eigenvalue weighted by atomic mass is 10.1. The van der Waals surface area contributed by atoms with Crippen molar-refractivity contribution < 1.29 is 37.0 Å². The van der Waals surface area contributed by atoms with Crippen molar-refractivity contribution in [3.8, 4) is 17.4 Å². The van der Waals surface area contributed by atoms with E-state index in [2.05, 4.69) is 15.0 Å². The number of carbonyl (C=O) groups is 2. The zero-order valence-corrected chi connectivity index (χ0v) is 15.3. The summed E-state index contributed by atoms with van der Waals surface area (Å²) in [5.74, 6) is -0.991. The first kappa shape index (κ1) is 21.8. The maximum absolute atomic E-state index is 12.4. The molecule has 0 saturated carbocycles. The van der Waals surface area contributed by atoms with E-state index in [1.54, 1.807) is 0 Å². The maximum Gasteiger partial charge on any atom is 0.422 e. The number of nitrogens with two attached hydrogens (primary N) is 1. The van der Waals surface area contributed by atoms with Gasteiger partial charge in [0.1, 0.15) is 0 Å². The van der Waals surface area contributed by atoms with E-state index in [1.165, 1.54) is 43.6 Å². The highest BCUT2D eigenvalue weighted by molar-refractivity contribution is 5.94. The smallest absolute Gasteiger partial charge is 0.422 e. The molecule has 0 aliphatic heterocycles. The summed E-state index contributed by atoms with van der Waals surface area (Å²) in [5.41, 5.74) is 5.50. The zero-order chi connectivity index (χ0) is 21.4. The van der Waals surface area contributed by atoms with E-state index in [-0.39, 0.29) is 41.7 Å². The second kappa shape index (κ2) is 9.62. The average molecular weight is 413 g/mol. The molecule has 0 atom stereocenters. The Morgan fingerprint density at radius 1 is 1.17 bits per heavy atom. The second-order valence-electron chi connectivity index (χ2n) is 5.67. The minimum atomic E-state index is -4.51. The van der Waals surface area contributed by atoms with E-state index < -0.39 is 24.6 Å². The number of alkyl halides is 3. The molecule has 0 fully saturated rings. The van der Waals surface area contributed by atoms with Crippen LogP contribution < -0.4 is 25.3 Å². The molecule has 1 aromatic carbocycles. The normalized spacial score (nSPS) is 10.9. The van der Waals surface area contributed by atoms with Crippen molar-refractivity contribution in [2.75, 3.05) is 20.3 Å². The van der Waals surface area contributed by atoms with Crippen LogP contribution in [0.2, 0.25) is 0 Å². The van der Waals surface area contributed by atoms with Gasteiger partial charge in [-0.25, -0.2) is 4.98 Å². The van der Waals surface area contributed by atoms with Gasteiger partial charge in [-0.05, 0) is 24.3 Å². The van der Waals surface area contributed by atoms with Crippen molar-refractivity contribution in [3.63, 3.8) is 0 Å². The number of methoxy groups -OCH3 is 1. The topological polar surface area (TPSA) is 113 Å². The number of rotatable bonds is 9. The summed E-state index contributed by atoms with van der Waals surface area (Å²) in [6.45, 7) is -1.96. The van der Waals surface area contributed by atoms with Gasteiger partial charge in [0.05, 0.1) is 7.11 Å². The minimum absolute atomic E-state index is 0.109. The molecule has 0 aliphatic carbocycles. The van der Waals surface area contributed by atoms with Gasteiger partial charge in [-0.15, -0.1) is 0 Å². The predicted molar refractivity (Wildman–Crippen MR) is 94.6 cm³/mol. The van der Waals surface area contributed by atoms with Crippen LogP contribution in [0.5, 0.6) is 17.4 Å². The van der Waals surface area contributed by atoms with E-state index in [4.69, 9.17) is 15.2 Å². The summed E-state index contributed by atoms with van der Waals surface area (Å²) in [6, 6.07) is 7.24. The van der Waals surface area contributed by atoms with Gasteiger partial charge in [-0.1, -0.05) is 6.07 Å². The van der Waals surface area contributed by atoms with Crippen LogP contribution in [0.25, 0.3) is 0 Å². The number of nitrogens with zero attached hydrogens (tertiary/aromatic N) is 1. The van der Waals surface area contributed by atoms with Crippen molar-refractivity contribution in [2.45, 2.75) is 12.7 Å². The third kappa shape index (κ3) is 6.87. The summed E-state index contributed by atoms with van der Waals surface area (Å²) >= 11 is 0. The molecule has 0 bridgehead atoms. The lowest BCUT2D eigenvalue weighted by Gasteiger charge is -2.13. The van der Waals surface area contributed by atoms with Crippen molar-refractivity contribution in [2.24, 2.45) is 5.73 Å². The number of hydrogen-bond acceptors (Lipinski definition) is 6. The first-order valence-corrected chi connectivity index (χ1v) is 8.20. The molecule has 1 heterocycles. The number of primary amides is 1. The number of ether oxygens (including phenoxy) is 3. The Hall–Kier alpha value is -3.50. The Bertz CT molecular complexity index is 874. The molecule has 11 heteroatoms. The maximum atomic E-state index is 12.4. The molecule has 0 spiro atoms. The zero-order valence-electron chi connectivity index (χ0n) is 15.3. The molecule has 0 saturated heterocycles. The van der Waals surface area contributed by atoms with Crippen LogP contribution in [0.15, 0.2) is 36.5 Å². The molecule has 2 amide bonds. The summed E-state index contributed by atoms with van der Waals surface area (Å²) < 4.78 is 52.0. The Kier molecular flexibility index (Phi) is 7.23. The van der Waals surface area contributed by atoms with Crippen LogP contribution in [-0.4, -0.2) is 43.3 Å². The van der Waals surface area contributed by atoms with Crippen LogP contribution in [0, 0.1) is 0 Å². The highest BCUT2D eigenvalue weighted by Gasteiger charge is 2.29. The summed E-state index contributed by atoms with van der Waals surface area (Å²) in [4.78, 5) is 26.9. The van der Waals surface area contributed by atoms with E-state index in [1.807, 2.05) is 0 Å². The number of halogens is 3. The third-order valence-electron chi connectivity index (χ3n) is 3.46. The van der Waals surface area contributed by atoms with Gasteiger partial charge >= 0.3 is 6.18 Å². The summed E-state index contributed by atoms with van der Waals surface area (Å²) in [7, 11) is 1.36. The van der Waals surface area contributed by atoms with E-state index in [9.17, 15) is 22.8 Å². The first-order valence-electron chi connectivity index (χ1n) is 8.20. The van der Waals surface area contributed by atoms with Crippen LogP contribution in [0.3, 0.4) is 0 Å². The fraction of sp³-hybridized carbons (Fsp3) is 0.278. The molecule has 2 aromatic rings. The molecule has 0 aliphatic rings. The van der Waals surface area contributed by atoms with Crippen LogP contribution >= 0.6 is 0 Å². The van der Waals surface area contributed by atoms with Crippen molar-refractivity contribution in [1.82, 2.24) is 10.3 Å². The Morgan fingerprint density at radius 3 is 2.59 bits per heavy atom. The van der Waals surface area contributed by atoms with Crippen LogP contribution in [0.4, 0.5) is 13.2 Å². The first-order chi connectivity index (χ1) is 13.7. The summed E-state index contributed by atoms with van der Waals surface area (Å²) in [6.07, 6.45) is -3.22. The molecule has 1 aromatic heterocycles. The monoisotopic (exact) mass is 413 g/mol. The van der Waals surface area contributed by atoms with Crippen molar-refractivity contribution in [1.29, 1.82) is 0 Å². The fourth-order valence-corrected chi connectivity index (χ4v) is 2.19. The lowest BCUT2D eigenvalue weighted by Crippen LogP contribution is -2.24. The average Bonchev–Trinajstić information content (AvgIpc) is 2.68. The Balaban J connectivity index is 2.05. The van der Waals surface area contributed by atoms with E-state index in [0.717, 1.165) is 0 Å². The molecule has 29 heavy (non-hydrogen) atoms. The molecule has 2 rings (SSSR count). The van der Waals surface area contributed by atoms with Gasteiger partial charge < -0.3 is 25.3 Å². The van der Waals surface area contributed by atoms with Gasteiger partial charge in [0.15, 0.2) is 24.7 Å². The van der Waals surface area contributed by atoms with E-state index in [0.29, 0.717) is 0 Å². The number of benzene rings is 1. The van der Waals surface area contributed by atoms with Crippen molar-refractivity contribution >= 4 is 11.8 Å². The molecule has 156 valence electrons. The number of hydrogen-bond donors (Lipinski definition) is 2. The Labute approximate surface area is 163 Å². The highest BCUT2D eigenvalue weighted by Crippen LogP contribution is 2.28. The number of amides is 2. The molecule has 0 unspecified atom stereocenters. The summed E-state index contributed by atoms with van der Waals surface area (Å²) in [5, 5.41) is 2.56. The van der Waals surface area contributed by atoms with Gasteiger partial charge in [-0.2, -0.15) is 13.2 Å². The highest BCUT2D eigenvalue weighted by atomic mass is 19.4. The second-order valence-corrected chi connectivity index (χ2v) is 5.67. The Morgan fingerprint density at radius 2 is 1.93 bits per heavy atom. The molecular weight excluding hydrogens is 395 g/mol. The third-order valence-corrected chi connectivity index (χ3v) is 3.46. The van der Waals surface area contributed by atoms with Crippen molar-refractivity contribution in [3.05, 3.63) is 47.7 Å². The predicted octanol–water partition coefficient (Wildman–Crippen LogP) is 1.83. The van der Waals surface area contributed by atoms with Crippen LogP contribution in [-0.2, 0) is 11.3 Å². The number of pyridine rings is 1. The standard InChI is InChI=1S/C18H18F3N3O5/c1-27-14-7-11(4-5-13(14)28-9-15(22)25)16(26)24-8-12-3-2-6-23-17(12)29-10-18(19,20)21/h2-7H,8-10H2,1H3,(H2,22,25)(H,24,26). The molecule has 0 radical (unpaired) electrons. The number of aromatic nitrogens is 1.